The van der Waals surface area contributed by atoms with E-state index in [1.807, 2.05) is 23.6 Å². The van der Waals surface area contributed by atoms with Crippen LogP contribution in [0.2, 0.25) is 5.02 Å². The highest BCUT2D eigenvalue weighted by atomic mass is 35.5. The van der Waals surface area contributed by atoms with E-state index in [4.69, 9.17) is 28.6 Å². The van der Waals surface area contributed by atoms with Crippen LogP contribution in [0.1, 0.15) is 5.56 Å². The molecule has 21 heavy (non-hydrogen) atoms. The highest BCUT2D eigenvalue weighted by molar-refractivity contribution is 7.80. The first kappa shape index (κ1) is 16.0. The molecular weight excluding hydrogens is 328 g/mol. The van der Waals surface area contributed by atoms with Crippen molar-refractivity contribution < 1.29 is 9.53 Å². The molecule has 0 aliphatic heterocycles. The van der Waals surface area contributed by atoms with Gasteiger partial charge in [-0.3, -0.25) is 0 Å². The largest absolute Gasteiger partial charge is 0.467 e. The number of carbonyl (C=O) groups excluding carboxylic acids is 1. The fraction of sp³-hybridized carbons (Fsp3) is 0.286. The molecule has 0 aliphatic rings. The molecule has 4 nitrogen and oxygen atoms in total. The summed E-state index contributed by atoms with van der Waals surface area (Å²) in [6.45, 7) is 0. The Bertz CT molecular complexity index is 672. The number of hydrogen-bond donors (Lipinski definition) is 2. The van der Waals surface area contributed by atoms with Gasteiger partial charge in [0, 0.05) is 23.2 Å². The van der Waals surface area contributed by atoms with Crippen LogP contribution in [0.15, 0.2) is 23.6 Å². The van der Waals surface area contributed by atoms with Crippen molar-refractivity contribution in [2.45, 2.75) is 12.5 Å². The summed E-state index contributed by atoms with van der Waals surface area (Å²) in [5.41, 5.74) is 1.04. The summed E-state index contributed by atoms with van der Waals surface area (Å²) < 4.78 is 5.96. The van der Waals surface area contributed by atoms with Crippen LogP contribution in [0, 0.1) is 0 Å². The fourth-order valence-electron chi connectivity index (χ4n) is 2.00. The smallest absolute Gasteiger partial charge is 0.328 e. The summed E-state index contributed by atoms with van der Waals surface area (Å²) in [6.07, 6.45) is 0.481. The number of rotatable bonds is 4. The molecule has 0 bridgehead atoms. The van der Waals surface area contributed by atoms with Crippen molar-refractivity contribution in [3.63, 3.8) is 0 Å². The SMILES string of the molecule is CNC(=S)NC(Cc1csc2ccc(Cl)cc12)C(=O)OC. The number of hydrogen-bond acceptors (Lipinski definition) is 4. The van der Waals surface area contributed by atoms with E-state index in [9.17, 15) is 4.79 Å². The number of carbonyl (C=O) groups is 1. The molecule has 1 aromatic heterocycles. The number of ether oxygens (including phenoxy) is 1. The number of fused-ring (bicyclic) bond motifs is 1. The maximum atomic E-state index is 11.9. The standard InChI is InChI=1S/C14H15ClN2O2S2/c1-16-14(20)17-11(13(18)19-2)5-8-7-21-12-4-3-9(15)6-10(8)12/h3-4,6-7,11H,5H2,1-2H3,(H2,16,17,20). The number of esters is 1. The van der Waals surface area contributed by atoms with Gasteiger partial charge in [0.1, 0.15) is 6.04 Å². The molecule has 2 aromatic rings. The topological polar surface area (TPSA) is 50.4 Å². The van der Waals surface area contributed by atoms with Crippen LogP contribution in [0.4, 0.5) is 0 Å². The molecule has 1 atom stereocenters. The minimum absolute atomic E-state index is 0.353. The van der Waals surface area contributed by atoms with Gasteiger partial charge in [0.25, 0.3) is 0 Å². The van der Waals surface area contributed by atoms with E-state index in [2.05, 4.69) is 10.6 Å². The lowest BCUT2D eigenvalue weighted by molar-refractivity contribution is -0.142. The van der Waals surface area contributed by atoms with Gasteiger partial charge in [0.2, 0.25) is 0 Å². The van der Waals surface area contributed by atoms with Gasteiger partial charge in [0.05, 0.1) is 7.11 Å². The van der Waals surface area contributed by atoms with E-state index in [1.165, 1.54) is 7.11 Å². The Hall–Kier alpha value is -1.37. The zero-order valence-electron chi connectivity index (χ0n) is 11.6. The fourth-order valence-corrected chi connectivity index (χ4v) is 3.27. The lowest BCUT2D eigenvalue weighted by atomic mass is 10.1. The van der Waals surface area contributed by atoms with Crippen LogP contribution >= 0.6 is 35.2 Å². The Balaban J connectivity index is 2.27. The van der Waals surface area contributed by atoms with E-state index in [-0.39, 0.29) is 5.97 Å². The van der Waals surface area contributed by atoms with E-state index >= 15 is 0 Å². The summed E-state index contributed by atoms with van der Waals surface area (Å²) in [5, 5.41) is 9.91. The highest BCUT2D eigenvalue weighted by Gasteiger charge is 2.21. The average Bonchev–Trinajstić information content (AvgIpc) is 2.87. The second-order valence-electron chi connectivity index (χ2n) is 4.40. The van der Waals surface area contributed by atoms with Gasteiger partial charge in [0.15, 0.2) is 5.11 Å². The molecule has 1 heterocycles. The zero-order valence-corrected chi connectivity index (χ0v) is 14.0. The summed E-state index contributed by atoms with van der Waals surface area (Å²) in [6, 6.07) is 5.21. The Morgan fingerprint density at radius 3 is 2.95 bits per heavy atom. The molecule has 2 N–H and O–H groups in total. The second kappa shape index (κ2) is 7.06. The summed E-state index contributed by atoms with van der Waals surface area (Å²) in [5.74, 6) is -0.353. The monoisotopic (exact) mass is 342 g/mol. The number of halogens is 1. The Morgan fingerprint density at radius 1 is 1.52 bits per heavy atom. The van der Waals surface area contributed by atoms with Crippen molar-refractivity contribution in [3.8, 4) is 0 Å². The van der Waals surface area contributed by atoms with Gasteiger partial charge < -0.3 is 15.4 Å². The van der Waals surface area contributed by atoms with Gasteiger partial charge >= 0.3 is 5.97 Å². The van der Waals surface area contributed by atoms with Gasteiger partial charge in [-0.05, 0) is 46.7 Å². The molecule has 0 fully saturated rings. The molecule has 2 rings (SSSR count). The van der Waals surface area contributed by atoms with Crippen LogP contribution in [0.5, 0.6) is 0 Å². The predicted molar refractivity (Wildman–Crippen MR) is 91.1 cm³/mol. The van der Waals surface area contributed by atoms with Gasteiger partial charge in [-0.15, -0.1) is 11.3 Å². The minimum atomic E-state index is -0.535. The van der Waals surface area contributed by atoms with Crippen molar-refractivity contribution in [3.05, 3.63) is 34.2 Å². The van der Waals surface area contributed by atoms with Crippen molar-refractivity contribution in [1.82, 2.24) is 10.6 Å². The van der Waals surface area contributed by atoms with Gasteiger partial charge in [-0.25, -0.2) is 4.79 Å². The molecule has 0 saturated carbocycles. The molecule has 112 valence electrons. The molecular formula is C14H15ClN2O2S2. The lowest BCUT2D eigenvalue weighted by Gasteiger charge is -2.17. The molecule has 7 heteroatoms. The normalized spacial score (nSPS) is 12.0. The number of thiocarbonyl (C=S) groups is 1. The minimum Gasteiger partial charge on any atom is -0.467 e. The van der Waals surface area contributed by atoms with Crippen LogP contribution in [-0.4, -0.2) is 31.3 Å². The summed E-state index contributed by atoms with van der Waals surface area (Å²) >= 11 is 12.7. The first-order valence-electron chi connectivity index (χ1n) is 6.27. The Morgan fingerprint density at radius 2 is 2.29 bits per heavy atom. The second-order valence-corrected chi connectivity index (χ2v) is 6.16. The van der Waals surface area contributed by atoms with Gasteiger partial charge in [-0.1, -0.05) is 11.6 Å². The van der Waals surface area contributed by atoms with Crippen LogP contribution in [0.3, 0.4) is 0 Å². The summed E-state index contributed by atoms with van der Waals surface area (Å²) in [4.78, 5) is 11.9. The Kier molecular flexibility index (Phi) is 5.39. The van der Waals surface area contributed by atoms with Crippen molar-refractivity contribution in [2.24, 2.45) is 0 Å². The zero-order chi connectivity index (χ0) is 15.4. The van der Waals surface area contributed by atoms with Crippen molar-refractivity contribution in [2.75, 3.05) is 14.2 Å². The molecule has 0 aliphatic carbocycles. The Labute approximate surface area is 137 Å². The number of thiophene rings is 1. The molecule has 0 saturated heterocycles. The van der Waals surface area contributed by atoms with Crippen molar-refractivity contribution in [1.29, 1.82) is 0 Å². The third kappa shape index (κ3) is 3.84. The predicted octanol–water partition coefficient (Wildman–Crippen LogP) is 2.73. The first-order chi connectivity index (χ1) is 10.0. The van der Waals surface area contributed by atoms with E-state index in [0.29, 0.717) is 16.6 Å². The van der Waals surface area contributed by atoms with Crippen molar-refractivity contribution >= 4 is 56.3 Å². The number of methoxy groups -OCH3 is 1. The molecule has 1 aromatic carbocycles. The quantitative estimate of drug-likeness (QED) is 0.661. The van der Waals surface area contributed by atoms with Crippen LogP contribution < -0.4 is 10.6 Å². The molecule has 1 unspecified atom stereocenters. The molecule has 0 radical (unpaired) electrons. The number of nitrogens with one attached hydrogen (secondary N) is 2. The summed E-state index contributed by atoms with van der Waals surface area (Å²) in [7, 11) is 3.06. The van der Waals surface area contributed by atoms with E-state index in [1.54, 1.807) is 18.4 Å². The lowest BCUT2D eigenvalue weighted by Crippen LogP contribution is -2.46. The maximum absolute atomic E-state index is 11.9. The van der Waals surface area contributed by atoms with Crippen LogP contribution in [0.25, 0.3) is 10.1 Å². The maximum Gasteiger partial charge on any atom is 0.328 e. The van der Waals surface area contributed by atoms with Gasteiger partial charge in [-0.2, -0.15) is 0 Å². The molecule has 0 amide bonds. The third-order valence-corrected chi connectivity index (χ3v) is 4.63. The van der Waals surface area contributed by atoms with E-state index < -0.39 is 6.04 Å². The van der Waals surface area contributed by atoms with E-state index in [0.717, 1.165) is 15.6 Å². The average molecular weight is 343 g/mol. The van der Waals surface area contributed by atoms with Crippen LogP contribution in [-0.2, 0) is 16.0 Å². The molecule has 0 spiro atoms. The highest BCUT2D eigenvalue weighted by Crippen LogP contribution is 2.29. The first-order valence-corrected chi connectivity index (χ1v) is 7.93. The number of benzene rings is 1. The third-order valence-electron chi connectivity index (χ3n) is 3.06.